The number of benzene rings is 1. The van der Waals surface area contributed by atoms with E-state index in [0.29, 0.717) is 0 Å². The van der Waals surface area contributed by atoms with E-state index in [1.165, 1.54) is 24.4 Å². The summed E-state index contributed by atoms with van der Waals surface area (Å²) >= 11 is 5.49. The Morgan fingerprint density at radius 2 is 1.83 bits per heavy atom. The molecule has 1 heterocycles. The zero-order valence-electron chi connectivity index (χ0n) is 8.80. The Morgan fingerprint density at radius 3 is 2.50 bits per heavy atom. The third-order valence-corrected chi connectivity index (χ3v) is 2.61. The van der Waals surface area contributed by atoms with Gasteiger partial charge < -0.3 is 0 Å². The van der Waals surface area contributed by atoms with E-state index in [1.54, 1.807) is 0 Å². The largest absolute Gasteiger partial charge is 0.416 e. The standard InChI is InChI=1S/C12H6ClF4N/c13-11-10(14)9(4-5-18-11)7-2-1-3-8(6-7)12(15,16)17/h1-6H. The van der Waals surface area contributed by atoms with E-state index in [4.69, 9.17) is 11.6 Å². The first-order valence-electron chi connectivity index (χ1n) is 4.87. The van der Waals surface area contributed by atoms with Gasteiger partial charge in [-0.1, -0.05) is 23.7 Å². The summed E-state index contributed by atoms with van der Waals surface area (Å²) in [5, 5.41) is -0.370. The molecule has 0 spiro atoms. The molecule has 1 aromatic heterocycles. The van der Waals surface area contributed by atoms with Crippen LogP contribution in [0, 0.1) is 5.82 Å². The Balaban J connectivity index is 2.55. The molecule has 1 nitrogen and oxygen atoms in total. The highest BCUT2D eigenvalue weighted by atomic mass is 35.5. The van der Waals surface area contributed by atoms with Crippen LogP contribution in [-0.4, -0.2) is 4.98 Å². The molecule has 0 N–H and O–H groups in total. The number of hydrogen-bond donors (Lipinski definition) is 0. The van der Waals surface area contributed by atoms with Crippen molar-refractivity contribution in [2.24, 2.45) is 0 Å². The van der Waals surface area contributed by atoms with Gasteiger partial charge in [-0.25, -0.2) is 9.37 Å². The zero-order valence-corrected chi connectivity index (χ0v) is 9.56. The lowest BCUT2D eigenvalue weighted by atomic mass is 10.0. The van der Waals surface area contributed by atoms with Gasteiger partial charge >= 0.3 is 6.18 Å². The highest BCUT2D eigenvalue weighted by molar-refractivity contribution is 6.29. The molecule has 0 fully saturated rings. The fraction of sp³-hybridized carbons (Fsp3) is 0.0833. The molecular formula is C12H6ClF4N. The molecule has 0 saturated carbocycles. The summed E-state index contributed by atoms with van der Waals surface area (Å²) in [6, 6.07) is 5.66. The van der Waals surface area contributed by atoms with Crippen LogP contribution >= 0.6 is 11.6 Å². The van der Waals surface area contributed by atoms with Gasteiger partial charge in [0.25, 0.3) is 0 Å². The highest BCUT2D eigenvalue weighted by Crippen LogP contribution is 2.33. The fourth-order valence-corrected chi connectivity index (χ4v) is 1.66. The molecule has 0 saturated heterocycles. The average molecular weight is 276 g/mol. The number of halogens is 5. The summed E-state index contributed by atoms with van der Waals surface area (Å²) in [6.07, 6.45) is -3.23. The van der Waals surface area contributed by atoms with Crippen LogP contribution in [0.4, 0.5) is 17.6 Å². The van der Waals surface area contributed by atoms with Gasteiger partial charge in [0.1, 0.15) is 0 Å². The van der Waals surface area contributed by atoms with Crippen LogP contribution in [0.5, 0.6) is 0 Å². The highest BCUT2D eigenvalue weighted by Gasteiger charge is 2.30. The van der Waals surface area contributed by atoms with Gasteiger partial charge in [-0.15, -0.1) is 0 Å². The van der Waals surface area contributed by atoms with E-state index >= 15 is 0 Å². The second-order valence-electron chi connectivity index (χ2n) is 3.54. The molecular weight excluding hydrogens is 270 g/mol. The third-order valence-electron chi connectivity index (χ3n) is 2.35. The third kappa shape index (κ3) is 2.46. The fourth-order valence-electron chi connectivity index (χ4n) is 1.50. The van der Waals surface area contributed by atoms with Gasteiger partial charge in [0, 0.05) is 11.8 Å². The molecule has 0 aliphatic carbocycles. The Labute approximate surface area is 105 Å². The number of alkyl halides is 3. The minimum Gasteiger partial charge on any atom is -0.242 e. The van der Waals surface area contributed by atoms with Crippen molar-refractivity contribution in [1.29, 1.82) is 0 Å². The molecule has 0 radical (unpaired) electrons. The van der Waals surface area contributed by atoms with Gasteiger partial charge in [-0.3, -0.25) is 0 Å². The molecule has 0 aliphatic heterocycles. The molecule has 0 amide bonds. The lowest BCUT2D eigenvalue weighted by Gasteiger charge is -2.09. The number of pyridine rings is 1. The van der Waals surface area contributed by atoms with Crippen LogP contribution in [-0.2, 0) is 6.18 Å². The topological polar surface area (TPSA) is 12.9 Å². The molecule has 0 unspecified atom stereocenters. The molecule has 94 valence electrons. The first-order chi connectivity index (χ1) is 8.39. The Kier molecular flexibility index (Phi) is 3.26. The van der Waals surface area contributed by atoms with E-state index in [0.717, 1.165) is 12.1 Å². The number of aromatic nitrogens is 1. The summed E-state index contributed by atoms with van der Waals surface area (Å²) in [4.78, 5) is 3.50. The summed E-state index contributed by atoms with van der Waals surface area (Å²) in [6.45, 7) is 0. The molecule has 18 heavy (non-hydrogen) atoms. The van der Waals surface area contributed by atoms with Crippen LogP contribution in [0.15, 0.2) is 36.5 Å². The average Bonchev–Trinajstić information content (AvgIpc) is 2.32. The minimum atomic E-state index is -4.47. The predicted octanol–water partition coefficient (Wildman–Crippen LogP) is 4.56. The van der Waals surface area contributed by atoms with Crippen molar-refractivity contribution in [1.82, 2.24) is 4.98 Å². The van der Waals surface area contributed by atoms with Crippen LogP contribution in [0.2, 0.25) is 5.15 Å². The number of nitrogens with zero attached hydrogens (tertiary/aromatic N) is 1. The van der Waals surface area contributed by atoms with E-state index in [-0.39, 0.29) is 16.3 Å². The first kappa shape index (κ1) is 12.8. The van der Waals surface area contributed by atoms with E-state index in [2.05, 4.69) is 4.98 Å². The molecule has 0 atom stereocenters. The van der Waals surface area contributed by atoms with Crippen molar-refractivity contribution in [3.8, 4) is 11.1 Å². The SMILES string of the molecule is Fc1c(-c2cccc(C(F)(F)F)c2)ccnc1Cl. The van der Waals surface area contributed by atoms with Crippen molar-refractivity contribution in [3.05, 3.63) is 53.1 Å². The Bertz CT molecular complexity index is 581. The smallest absolute Gasteiger partial charge is 0.242 e. The molecule has 2 aromatic rings. The maximum atomic E-state index is 13.6. The van der Waals surface area contributed by atoms with Gasteiger partial charge in [0.15, 0.2) is 11.0 Å². The first-order valence-corrected chi connectivity index (χ1v) is 5.25. The molecule has 0 aliphatic rings. The quantitative estimate of drug-likeness (QED) is 0.549. The van der Waals surface area contributed by atoms with Gasteiger partial charge in [0.05, 0.1) is 5.56 Å². The predicted molar refractivity (Wildman–Crippen MR) is 59.6 cm³/mol. The summed E-state index contributed by atoms with van der Waals surface area (Å²) < 4.78 is 51.2. The lowest BCUT2D eigenvalue weighted by Crippen LogP contribution is -2.04. The van der Waals surface area contributed by atoms with E-state index < -0.39 is 17.6 Å². The summed E-state index contributed by atoms with van der Waals surface area (Å²) in [5.41, 5.74) is -0.750. The maximum Gasteiger partial charge on any atom is 0.416 e. The molecule has 0 bridgehead atoms. The molecule has 1 aromatic carbocycles. The van der Waals surface area contributed by atoms with Crippen molar-refractivity contribution < 1.29 is 17.6 Å². The zero-order chi connectivity index (χ0) is 13.3. The van der Waals surface area contributed by atoms with Crippen molar-refractivity contribution >= 4 is 11.6 Å². The normalized spacial score (nSPS) is 11.6. The van der Waals surface area contributed by atoms with E-state index in [1.807, 2.05) is 0 Å². The van der Waals surface area contributed by atoms with Crippen LogP contribution < -0.4 is 0 Å². The summed E-state index contributed by atoms with van der Waals surface area (Å²) in [5.74, 6) is -0.835. The van der Waals surface area contributed by atoms with Crippen LogP contribution in [0.1, 0.15) is 5.56 Å². The van der Waals surface area contributed by atoms with E-state index in [9.17, 15) is 17.6 Å². The van der Waals surface area contributed by atoms with Crippen LogP contribution in [0.3, 0.4) is 0 Å². The number of hydrogen-bond acceptors (Lipinski definition) is 1. The monoisotopic (exact) mass is 275 g/mol. The second-order valence-corrected chi connectivity index (χ2v) is 3.90. The molecule has 2 rings (SSSR count). The van der Waals surface area contributed by atoms with Gasteiger partial charge in [-0.2, -0.15) is 13.2 Å². The Morgan fingerprint density at radius 1 is 1.11 bits per heavy atom. The lowest BCUT2D eigenvalue weighted by molar-refractivity contribution is -0.137. The summed E-state index contributed by atoms with van der Waals surface area (Å²) in [7, 11) is 0. The van der Waals surface area contributed by atoms with Crippen molar-refractivity contribution in [2.45, 2.75) is 6.18 Å². The second kappa shape index (κ2) is 4.57. The maximum absolute atomic E-state index is 13.6. The number of rotatable bonds is 1. The van der Waals surface area contributed by atoms with Crippen molar-refractivity contribution in [3.63, 3.8) is 0 Å². The van der Waals surface area contributed by atoms with Gasteiger partial charge in [-0.05, 0) is 23.8 Å². The Hall–Kier alpha value is -1.62. The minimum absolute atomic E-state index is 0.0129. The van der Waals surface area contributed by atoms with Crippen molar-refractivity contribution in [2.75, 3.05) is 0 Å². The molecule has 6 heteroatoms. The van der Waals surface area contributed by atoms with Crippen LogP contribution in [0.25, 0.3) is 11.1 Å². The van der Waals surface area contributed by atoms with Gasteiger partial charge in [0.2, 0.25) is 0 Å².